The lowest BCUT2D eigenvalue weighted by Gasteiger charge is -2.14. The Hall–Kier alpha value is -1.59. The van der Waals surface area contributed by atoms with Crippen LogP contribution in [0.3, 0.4) is 0 Å². The number of carbonyl (C=O) groups is 1. The summed E-state index contributed by atoms with van der Waals surface area (Å²) in [6.07, 6.45) is 0. The van der Waals surface area contributed by atoms with Gasteiger partial charge in [-0.2, -0.15) is 0 Å². The zero-order valence-electron chi connectivity index (χ0n) is 9.97. The Kier molecular flexibility index (Phi) is 4.93. The zero-order chi connectivity index (χ0) is 12.8. The van der Waals surface area contributed by atoms with E-state index in [0.29, 0.717) is 17.9 Å². The molecule has 0 aliphatic carbocycles. The quantitative estimate of drug-likeness (QED) is 0.773. The molecule has 0 aromatic heterocycles. The molecule has 1 aromatic rings. The van der Waals surface area contributed by atoms with Gasteiger partial charge in [-0.1, -0.05) is 12.1 Å². The standard InChI is InChI=1S/C12H17NO4/c1-16-7-9-4-3-8(5-11(9)17-2)10(6-13)12(14)15/h3-5,10H,6-7,13H2,1-2H3,(H,14,15). The Morgan fingerprint density at radius 1 is 1.47 bits per heavy atom. The third-order valence-electron chi connectivity index (χ3n) is 2.55. The van der Waals surface area contributed by atoms with Gasteiger partial charge in [0.2, 0.25) is 0 Å². The molecule has 0 aliphatic rings. The second kappa shape index (κ2) is 6.22. The Labute approximate surface area is 100 Å². The summed E-state index contributed by atoms with van der Waals surface area (Å²) in [6, 6.07) is 5.23. The van der Waals surface area contributed by atoms with E-state index in [9.17, 15) is 4.79 Å². The van der Waals surface area contributed by atoms with E-state index < -0.39 is 11.9 Å². The average molecular weight is 239 g/mol. The first kappa shape index (κ1) is 13.5. The first-order valence-corrected chi connectivity index (χ1v) is 5.22. The first-order valence-electron chi connectivity index (χ1n) is 5.22. The SMILES string of the molecule is COCc1ccc(C(CN)C(=O)O)cc1OC. The van der Waals surface area contributed by atoms with Crippen molar-refractivity contribution in [2.75, 3.05) is 20.8 Å². The molecule has 1 aromatic carbocycles. The van der Waals surface area contributed by atoms with Gasteiger partial charge >= 0.3 is 5.97 Å². The molecule has 0 aliphatic heterocycles. The lowest BCUT2D eigenvalue weighted by atomic mass is 9.97. The van der Waals surface area contributed by atoms with E-state index in [-0.39, 0.29) is 6.54 Å². The lowest BCUT2D eigenvalue weighted by Crippen LogP contribution is -2.21. The molecule has 0 heterocycles. The zero-order valence-corrected chi connectivity index (χ0v) is 9.97. The maximum absolute atomic E-state index is 11.0. The number of benzene rings is 1. The minimum absolute atomic E-state index is 0.0577. The number of hydrogen-bond donors (Lipinski definition) is 2. The maximum atomic E-state index is 11.0. The van der Waals surface area contributed by atoms with E-state index in [0.717, 1.165) is 5.56 Å². The summed E-state index contributed by atoms with van der Waals surface area (Å²) in [4.78, 5) is 11.0. The summed E-state index contributed by atoms with van der Waals surface area (Å²) in [5, 5.41) is 9.02. The molecule has 1 unspecified atom stereocenters. The van der Waals surface area contributed by atoms with Crippen molar-refractivity contribution in [1.29, 1.82) is 0 Å². The minimum atomic E-state index is -0.936. The van der Waals surface area contributed by atoms with E-state index in [1.807, 2.05) is 0 Å². The highest BCUT2D eigenvalue weighted by Crippen LogP contribution is 2.25. The van der Waals surface area contributed by atoms with Crippen LogP contribution in [0.1, 0.15) is 17.0 Å². The van der Waals surface area contributed by atoms with Gasteiger partial charge in [0.05, 0.1) is 19.6 Å². The smallest absolute Gasteiger partial charge is 0.312 e. The molecule has 3 N–H and O–H groups in total. The topological polar surface area (TPSA) is 81.8 Å². The van der Waals surface area contributed by atoms with Crippen molar-refractivity contribution in [2.24, 2.45) is 5.73 Å². The van der Waals surface area contributed by atoms with Crippen LogP contribution in [0.25, 0.3) is 0 Å². The average Bonchev–Trinajstić information content (AvgIpc) is 2.31. The van der Waals surface area contributed by atoms with Crippen LogP contribution in [-0.4, -0.2) is 31.8 Å². The highest BCUT2D eigenvalue weighted by molar-refractivity contribution is 5.76. The summed E-state index contributed by atoms with van der Waals surface area (Å²) in [7, 11) is 3.13. The first-order chi connectivity index (χ1) is 8.13. The van der Waals surface area contributed by atoms with Gasteiger partial charge in [0.15, 0.2) is 0 Å². The molecule has 0 radical (unpaired) electrons. The minimum Gasteiger partial charge on any atom is -0.496 e. The number of rotatable bonds is 6. The van der Waals surface area contributed by atoms with E-state index in [4.69, 9.17) is 20.3 Å². The molecule has 5 heteroatoms. The monoisotopic (exact) mass is 239 g/mol. The summed E-state index contributed by atoms with van der Waals surface area (Å²) in [6.45, 7) is 0.478. The summed E-state index contributed by atoms with van der Waals surface area (Å²) in [5.41, 5.74) is 6.96. The second-order valence-electron chi connectivity index (χ2n) is 3.63. The highest BCUT2D eigenvalue weighted by Gasteiger charge is 2.19. The number of carboxylic acid groups (broad SMARTS) is 1. The van der Waals surface area contributed by atoms with Crippen molar-refractivity contribution in [3.63, 3.8) is 0 Å². The molecule has 94 valence electrons. The van der Waals surface area contributed by atoms with E-state index in [1.54, 1.807) is 25.3 Å². The largest absolute Gasteiger partial charge is 0.496 e. The highest BCUT2D eigenvalue weighted by atomic mass is 16.5. The van der Waals surface area contributed by atoms with Gasteiger partial charge in [-0.15, -0.1) is 0 Å². The predicted octanol–water partition coefficient (Wildman–Crippen LogP) is 0.968. The molecular formula is C12H17NO4. The normalized spacial score (nSPS) is 12.2. The van der Waals surface area contributed by atoms with Crippen LogP contribution < -0.4 is 10.5 Å². The molecule has 17 heavy (non-hydrogen) atoms. The maximum Gasteiger partial charge on any atom is 0.312 e. The van der Waals surface area contributed by atoms with E-state index in [2.05, 4.69) is 0 Å². The number of methoxy groups -OCH3 is 2. The van der Waals surface area contributed by atoms with Crippen molar-refractivity contribution in [2.45, 2.75) is 12.5 Å². The van der Waals surface area contributed by atoms with Gasteiger partial charge in [-0.3, -0.25) is 4.79 Å². The van der Waals surface area contributed by atoms with Crippen molar-refractivity contribution in [1.82, 2.24) is 0 Å². The molecule has 0 fully saturated rings. The van der Waals surface area contributed by atoms with Crippen LogP contribution in [0.15, 0.2) is 18.2 Å². The van der Waals surface area contributed by atoms with Crippen molar-refractivity contribution >= 4 is 5.97 Å². The predicted molar refractivity (Wildman–Crippen MR) is 63.1 cm³/mol. The van der Waals surface area contributed by atoms with Crippen LogP contribution in [0.4, 0.5) is 0 Å². The molecule has 0 bridgehead atoms. The van der Waals surface area contributed by atoms with E-state index in [1.165, 1.54) is 7.11 Å². The fraction of sp³-hybridized carbons (Fsp3) is 0.417. The summed E-state index contributed by atoms with van der Waals surface area (Å²) in [5.74, 6) is -1.03. The summed E-state index contributed by atoms with van der Waals surface area (Å²) < 4.78 is 10.2. The fourth-order valence-corrected chi connectivity index (χ4v) is 1.63. The van der Waals surface area contributed by atoms with Crippen molar-refractivity contribution in [3.8, 4) is 5.75 Å². The number of carboxylic acids is 1. The lowest BCUT2D eigenvalue weighted by molar-refractivity contribution is -0.138. The number of ether oxygens (including phenoxy) is 2. The van der Waals surface area contributed by atoms with Crippen LogP contribution in [-0.2, 0) is 16.1 Å². The Morgan fingerprint density at radius 3 is 2.65 bits per heavy atom. The van der Waals surface area contributed by atoms with Gasteiger partial charge in [0, 0.05) is 19.2 Å². The van der Waals surface area contributed by atoms with Gasteiger partial charge in [0.1, 0.15) is 5.75 Å². The molecule has 5 nitrogen and oxygen atoms in total. The number of nitrogens with two attached hydrogens (primary N) is 1. The van der Waals surface area contributed by atoms with Crippen molar-refractivity contribution in [3.05, 3.63) is 29.3 Å². The molecule has 0 spiro atoms. The van der Waals surface area contributed by atoms with Gasteiger partial charge in [-0.25, -0.2) is 0 Å². The number of aliphatic carboxylic acids is 1. The molecular weight excluding hydrogens is 222 g/mol. The Balaban J connectivity index is 3.07. The van der Waals surface area contributed by atoms with Crippen LogP contribution in [0.2, 0.25) is 0 Å². The molecule has 0 saturated carbocycles. The third kappa shape index (κ3) is 3.18. The van der Waals surface area contributed by atoms with Crippen LogP contribution in [0.5, 0.6) is 5.75 Å². The van der Waals surface area contributed by atoms with Gasteiger partial charge in [-0.05, 0) is 11.6 Å². The molecule has 0 saturated heterocycles. The summed E-state index contributed by atoms with van der Waals surface area (Å²) >= 11 is 0. The molecule has 1 atom stereocenters. The van der Waals surface area contributed by atoms with Crippen LogP contribution in [0, 0.1) is 0 Å². The number of hydrogen-bond acceptors (Lipinski definition) is 4. The Morgan fingerprint density at radius 2 is 2.18 bits per heavy atom. The Bertz CT molecular complexity index is 392. The van der Waals surface area contributed by atoms with Crippen LogP contribution >= 0.6 is 0 Å². The van der Waals surface area contributed by atoms with Gasteiger partial charge < -0.3 is 20.3 Å². The third-order valence-corrected chi connectivity index (χ3v) is 2.55. The van der Waals surface area contributed by atoms with Crippen molar-refractivity contribution < 1.29 is 19.4 Å². The van der Waals surface area contributed by atoms with E-state index >= 15 is 0 Å². The fourth-order valence-electron chi connectivity index (χ4n) is 1.63. The second-order valence-corrected chi connectivity index (χ2v) is 3.63. The molecule has 1 rings (SSSR count). The molecule has 0 amide bonds. The van der Waals surface area contributed by atoms with Gasteiger partial charge in [0.25, 0.3) is 0 Å².